The molecule has 2 aromatic rings. The van der Waals surface area contributed by atoms with E-state index >= 15 is 0 Å². The lowest BCUT2D eigenvalue weighted by Gasteiger charge is -2.11. The lowest BCUT2D eigenvalue weighted by molar-refractivity contribution is 0.420. The third-order valence-electron chi connectivity index (χ3n) is 2.73. The number of hydrogen-bond donors (Lipinski definition) is 1. The highest BCUT2D eigenvalue weighted by Gasteiger charge is 2.06. The summed E-state index contributed by atoms with van der Waals surface area (Å²) >= 11 is 0. The highest BCUT2D eigenvalue weighted by atomic mass is 16.5. The molecule has 0 aliphatic carbocycles. The molecule has 0 aliphatic heterocycles. The molecule has 0 aliphatic rings. The summed E-state index contributed by atoms with van der Waals surface area (Å²) in [6.07, 6.45) is 0.893. The van der Waals surface area contributed by atoms with Crippen molar-refractivity contribution >= 4 is 10.8 Å². The van der Waals surface area contributed by atoms with Gasteiger partial charge in [0.2, 0.25) is 0 Å². The Hall–Kier alpha value is -1.54. The molecule has 84 valence electrons. The van der Waals surface area contributed by atoms with Crippen molar-refractivity contribution in [1.29, 1.82) is 0 Å². The first-order valence-corrected chi connectivity index (χ1v) is 5.52. The van der Waals surface area contributed by atoms with Gasteiger partial charge in [0, 0.05) is 11.4 Å². The van der Waals surface area contributed by atoms with E-state index in [0.717, 1.165) is 17.6 Å². The van der Waals surface area contributed by atoms with Gasteiger partial charge in [-0.25, -0.2) is 0 Å². The van der Waals surface area contributed by atoms with E-state index in [-0.39, 0.29) is 6.04 Å². The molecule has 0 aromatic heterocycles. The molecular formula is C14H17NO. The third-order valence-corrected chi connectivity index (χ3v) is 2.73. The zero-order valence-electron chi connectivity index (χ0n) is 9.73. The first-order valence-electron chi connectivity index (χ1n) is 5.52. The van der Waals surface area contributed by atoms with Gasteiger partial charge in [-0.15, -0.1) is 0 Å². The standard InChI is InChI=1S/C14H17NO/c1-10(15)9-11-5-3-7-13-12(11)6-4-8-14(13)16-2/h3-8,10H,9,15H2,1-2H3. The Labute approximate surface area is 96.0 Å². The maximum absolute atomic E-state index is 5.85. The van der Waals surface area contributed by atoms with Gasteiger partial charge in [0.1, 0.15) is 5.75 Å². The summed E-state index contributed by atoms with van der Waals surface area (Å²) in [5.74, 6) is 0.920. The van der Waals surface area contributed by atoms with Gasteiger partial charge >= 0.3 is 0 Å². The number of hydrogen-bond acceptors (Lipinski definition) is 2. The number of benzene rings is 2. The number of fused-ring (bicyclic) bond motifs is 1. The lowest BCUT2D eigenvalue weighted by atomic mass is 9.99. The first kappa shape index (κ1) is 11.0. The fourth-order valence-electron chi connectivity index (χ4n) is 2.05. The summed E-state index contributed by atoms with van der Waals surface area (Å²) in [6.45, 7) is 2.03. The minimum atomic E-state index is 0.178. The predicted molar refractivity (Wildman–Crippen MR) is 67.9 cm³/mol. The topological polar surface area (TPSA) is 35.2 Å². The Morgan fingerprint density at radius 1 is 1.12 bits per heavy atom. The highest BCUT2D eigenvalue weighted by molar-refractivity contribution is 5.91. The minimum Gasteiger partial charge on any atom is -0.496 e. The Morgan fingerprint density at radius 2 is 1.81 bits per heavy atom. The smallest absolute Gasteiger partial charge is 0.126 e. The van der Waals surface area contributed by atoms with Crippen molar-refractivity contribution in [3.8, 4) is 5.75 Å². The molecule has 0 heterocycles. The Balaban J connectivity index is 2.59. The normalized spacial score (nSPS) is 12.7. The van der Waals surface area contributed by atoms with Crippen molar-refractivity contribution in [1.82, 2.24) is 0 Å². The van der Waals surface area contributed by atoms with E-state index in [4.69, 9.17) is 10.5 Å². The van der Waals surface area contributed by atoms with Crippen LogP contribution in [0.1, 0.15) is 12.5 Å². The van der Waals surface area contributed by atoms with E-state index < -0.39 is 0 Å². The first-order chi connectivity index (χ1) is 7.72. The molecule has 2 heteroatoms. The van der Waals surface area contributed by atoms with Crippen LogP contribution in [0.15, 0.2) is 36.4 Å². The van der Waals surface area contributed by atoms with Crippen molar-refractivity contribution < 1.29 is 4.74 Å². The summed E-state index contributed by atoms with van der Waals surface area (Å²) in [7, 11) is 1.70. The van der Waals surface area contributed by atoms with E-state index in [9.17, 15) is 0 Å². The van der Waals surface area contributed by atoms with Crippen molar-refractivity contribution in [3.63, 3.8) is 0 Å². The largest absolute Gasteiger partial charge is 0.496 e. The third kappa shape index (κ3) is 2.02. The van der Waals surface area contributed by atoms with Crippen LogP contribution in [0.25, 0.3) is 10.8 Å². The van der Waals surface area contributed by atoms with Crippen LogP contribution in [-0.4, -0.2) is 13.2 Å². The molecule has 2 rings (SSSR count). The summed E-state index contributed by atoms with van der Waals surface area (Å²) in [5, 5.41) is 2.39. The molecule has 2 nitrogen and oxygen atoms in total. The van der Waals surface area contributed by atoms with E-state index in [1.54, 1.807) is 7.11 Å². The molecule has 0 saturated heterocycles. The predicted octanol–water partition coefficient (Wildman–Crippen LogP) is 2.74. The number of methoxy groups -OCH3 is 1. The van der Waals surface area contributed by atoms with Crippen LogP contribution in [0.2, 0.25) is 0 Å². The quantitative estimate of drug-likeness (QED) is 0.854. The molecule has 0 bridgehead atoms. The van der Waals surface area contributed by atoms with Crippen LogP contribution in [0, 0.1) is 0 Å². The molecule has 16 heavy (non-hydrogen) atoms. The molecule has 2 N–H and O–H groups in total. The molecule has 2 aromatic carbocycles. The summed E-state index contributed by atoms with van der Waals surface area (Å²) in [5.41, 5.74) is 7.14. The van der Waals surface area contributed by atoms with Crippen LogP contribution in [0.4, 0.5) is 0 Å². The summed E-state index contributed by atoms with van der Waals surface area (Å²) in [4.78, 5) is 0. The van der Waals surface area contributed by atoms with E-state index in [1.165, 1.54) is 10.9 Å². The molecule has 0 radical (unpaired) electrons. The van der Waals surface area contributed by atoms with Gasteiger partial charge in [-0.1, -0.05) is 30.3 Å². The Bertz CT molecular complexity index is 491. The van der Waals surface area contributed by atoms with Crippen molar-refractivity contribution in [2.75, 3.05) is 7.11 Å². The van der Waals surface area contributed by atoms with E-state index in [1.807, 2.05) is 19.1 Å². The average Bonchev–Trinajstić information content (AvgIpc) is 2.28. The highest BCUT2D eigenvalue weighted by Crippen LogP contribution is 2.28. The van der Waals surface area contributed by atoms with Gasteiger partial charge in [-0.05, 0) is 30.4 Å². The molecule has 0 fully saturated rings. The molecule has 1 atom stereocenters. The summed E-state index contributed by atoms with van der Waals surface area (Å²) < 4.78 is 5.36. The second kappa shape index (κ2) is 4.54. The van der Waals surface area contributed by atoms with Gasteiger partial charge in [0.15, 0.2) is 0 Å². The lowest BCUT2D eigenvalue weighted by Crippen LogP contribution is -2.17. The molecule has 0 saturated carbocycles. The van der Waals surface area contributed by atoms with E-state index in [0.29, 0.717) is 0 Å². The van der Waals surface area contributed by atoms with Gasteiger partial charge in [0.05, 0.1) is 7.11 Å². The minimum absolute atomic E-state index is 0.178. The molecule has 1 unspecified atom stereocenters. The van der Waals surface area contributed by atoms with Gasteiger partial charge in [-0.2, -0.15) is 0 Å². The number of nitrogens with two attached hydrogens (primary N) is 1. The van der Waals surface area contributed by atoms with Gasteiger partial charge in [-0.3, -0.25) is 0 Å². The van der Waals surface area contributed by atoms with Gasteiger partial charge in [0.25, 0.3) is 0 Å². The van der Waals surface area contributed by atoms with Crippen molar-refractivity contribution in [2.24, 2.45) is 5.73 Å². The summed E-state index contributed by atoms with van der Waals surface area (Å²) in [6, 6.07) is 12.6. The van der Waals surface area contributed by atoms with Crippen LogP contribution in [0.3, 0.4) is 0 Å². The molecule has 0 spiro atoms. The second-order valence-electron chi connectivity index (χ2n) is 4.15. The van der Waals surface area contributed by atoms with E-state index in [2.05, 4.69) is 24.3 Å². The zero-order chi connectivity index (χ0) is 11.5. The Morgan fingerprint density at radius 3 is 2.50 bits per heavy atom. The Kier molecular flexibility index (Phi) is 3.11. The molecule has 0 amide bonds. The van der Waals surface area contributed by atoms with Crippen LogP contribution < -0.4 is 10.5 Å². The van der Waals surface area contributed by atoms with Gasteiger partial charge < -0.3 is 10.5 Å². The second-order valence-corrected chi connectivity index (χ2v) is 4.15. The zero-order valence-corrected chi connectivity index (χ0v) is 9.73. The maximum Gasteiger partial charge on any atom is 0.126 e. The fraction of sp³-hybridized carbons (Fsp3) is 0.286. The SMILES string of the molecule is COc1cccc2c(CC(C)N)cccc12. The van der Waals surface area contributed by atoms with Crippen molar-refractivity contribution in [3.05, 3.63) is 42.0 Å². The van der Waals surface area contributed by atoms with Crippen LogP contribution in [-0.2, 0) is 6.42 Å². The maximum atomic E-state index is 5.85. The number of ether oxygens (including phenoxy) is 1. The average molecular weight is 215 g/mol. The fourth-order valence-corrected chi connectivity index (χ4v) is 2.05. The number of rotatable bonds is 3. The van der Waals surface area contributed by atoms with Crippen LogP contribution >= 0.6 is 0 Å². The van der Waals surface area contributed by atoms with Crippen LogP contribution in [0.5, 0.6) is 5.75 Å². The molecular weight excluding hydrogens is 198 g/mol. The van der Waals surface area contributed by atoms with Crippen molar-refractivity contribution in [2.45, 2.75) is 19.4 Å². The monoisotopic (exact) mass is 215 g/mol.